The molecule has 0 radical (unpaired) electrons. The zero-order chi connectivity index (χ0) is 64.6. The van der Waals surface area contributed by atoms with Gasteiger partial charge in [0.1, 0.15) is 39.3 Å². The van der Waals surface area contributed by atoms with E-state index in [0.717, 1.165) is 107 Å². The van der Waals surface area contributed by atoms with E-state index in [9.17, 15) is 34.8 Å². The molecule has 13 nitrogen and oxygen atoms in total. The number of nitrogen functional groups attached to an aromatic ring is 2. The first-order valence-corrected chi connectivity index (χ1v) is 33.2. The van der Waals surface area contributed by atoms with Crippen LogP contribution < -0.4 is 11.5 Å². The molecule has 93 heavy (non-hydrogen) atoms. The number of nitrogens with zero attached hydrogens (tertiary/aromatic N) is 3. The van der Waals surface area contributed by atoms with Crippen molar-refractivity contribution in [1.82, 2.24) is 15.0 Å². The van der Waals surface area contributed by atoms with Gasteiger partial charge in [0.15, 0.2) is 5.82 Å². The Morgan fingerprint density at radius 3 is 1.02 bits per heavy atom. The molecule has 15 aromatic rings. The van der Waals surface area contributed by atoms with Gasteiger partial charge in [0.25, 0.3) is 0 Å². The molecule has 0 saturated carbocycles. The normalized spacial score (nSPS) is 11.1. The van der Waals surface area contributed by atoms with Gasteiger partial charge in [-0.15, -0.1) is 56.7 Å². The number of aryl methyl sites for hydroxylation is 3. The number of nitrogens with two attached hydrogens (primary N) is 2. The molecule has 456 valence electrons. The first kappa shape index (κ1) is 61.0. The predicted molar refractivity (Wildman–Crippen MR) is 379 cm³/mol. The molecule has 0 aliphatic heterocycles. The summed E-state index contributed by atoms with van der Waals surface area (Å²) in [7, 11) is 0. The molecule has 0 aliphatic rings. The number of aromatic nitrogens is 3. The van der Waals surface area contributed by atoms with Crippen LogP contribution in [0.25, 0.3) is 96.2 Å². The maximum Gasteiger partial charge on any atom is 0.227 e. The number of carbonyl (C=O) groups excluding carboxylic acids is 3. The van der Waals surface area contributed by atoms with Crippen molar-refractivity contribution in [3.63, 3.8) is 0 Å². The maximum atomic E-state index is 13.4. The van der Waals surface area contributed by atoms with Gasteiger partial charge in [-0.1, -0.05) is 150 Å². The van der Waals surface area contributed by atoms with Crippen molar-refractivity contribution in [2.24, 2.45) is 0 Å². The zero-order valence-electron chi connectivity index (χ0n) is 49.7. The number of benzene rings is 9. The Hall–Kier alpha value is -10.9. The van der Waals surface area contributed by atoms with Crippen LogP contribution in [0.15, 0.2) is 222 Å². The van der Waals surface area contributed by atoms with Crippen LogP contribution in [-0.2, 0) is 0 Å². The molecule has 0 unspecified atom stereocenters. The molecule has 0 bridgehead atoms. The van der Waals surface area contributed by atoms with Gasteiger partial charge in [-0.05, 0) is 104 Å². The molecule has 0 fully saturated rings. The summed E-state index contributed by atoms with van der Waals surface area (Å²) in [6.07, 6.45) is 1.40. The third-order valence-corrected chi connectivity index (χ3v) is 20.6. The first-order valence-electron chi connectivity index (χ1n) is 29.0. The number of fused-ring (bicyclic) bond motifs is 3. The summed E-state index contributed by atoms with van der Waals surface area (Å²) in [6, 6.07) is 61.9. The highest BCUT2D eigenvalue weighted by Gasteiger charge is 2.25. The van der Waals surface area contributed by atoms with Crippen molar-refractivity contribution >= 4 is 116 Å². The molecule has 9 aromatic carbocycles. The summed E-state index contributed by atoms with van der Waals surface area (Å²) in [5, 5.41) is 47.2. The fourth-order valence-corrected chi connectivity index (χ4v) is 15.7. The molecule has 0 amide bonds. The van der Waals surface area contributed by atoms with E-state index in [1.807, 2.05) is 190 Å². The molecule has 0 saturated heterocycles. The number of carbonyl (C=O) groups is 3. The summed E-state index contributed by atoms with van der Waals surface area (Å²) in [5.41, 5.74) is 24.7. The molecular formula is C75H53N5O8S5. The third-order valence-electron chi connectivity index (χ3n) is 15.4. The van der Waals surface area contributed by atoms with E-state index in [2.05, 4.69) is 15.0 Å². The summed E-state index contributed by atoms with van der Waals surface area (Å²) in [5.74, 6) is 1.73. The number of phenols is 3. The van der Waals surface area contributed by atoms with Gasteiger partial charge in [0.2, 0.25) is 29.1 Å². The number of hydrogen-bond acceptors (Lipinski definition) is 18. The first-order chi connectivity index (χ1) is 45.0. The predicted octanol–water partition coefficient (Wildman–Crippen LogP) is 19.2. The molecular weight excluding hydrogens is 1260 g/mol. The van der Waals surface area contributed by atoms with Gasteiger partial charge in [-0.2, -0.15) is 4.98 Å². The lowest BCUT2D eigenvalue weighted by molar-refractivity contribution is 0.103. The van der Waals surface area contributed by atoms with Gasteiger partial charge in [0.05, 0.1) is 20.0 Å². The molecule has 6 heterocycles. The van der Waals surface area contributed by atoms with E-state index >= 15 is 0 Å². The van der Waals surface area contributed by atoms with Crippen molar-refractivity contribution < 1.29 is 39.2 Å². The lowest BCUT2D eigenvalue weighted by Gasteiger charge is -2.07. The summed E-state index contributed by atoms with van der Waals surface area (Å²) < 4.78 is 7.97. The Morgan fingerprint density at radius 1 is 0.376 bits per heavy atom. The fraction of sp³-hybridized carbons (Fsp3) is 0.0400. The molecule has 0 atom stereocenters. The smallest absolute Gasteiger partial charge is 0.227 e. The quantitative estimate of drug-likeness (QED) is 0.0625. The monoisotopic (exact) mass is 1310 g/mol. The second-order valence-electron chi connectivity index (χ2n) is 21.9. The van der Waals surface area contributed by atoms with Crippen LogP contribution in [0.2, 0.25) is 0 Å². The Labute approximate surface area is 552 Å². The lowest BCUT2D eigenvalue weighted by Crippen LogP contribution is -2.00. The second-order valence-corrected chi connectivity index (χ2v) is 26.8. The summed E-state index contributed by atoms with van der Waals surface area (Å²) >= 11 is 7.06. The molecule has 8 N–H and O–H groups in total. The number of rotatable bonds is 12. The number of hydrogen-bond donors (Lipinski definition) is 6. The largest absolute Gasteiger partial charge is 0.508 e. The number of oxazole rings is 1. The van der Waals surface area contributed by atoms with E-state index in [0.29, 0.717) is 48.8 Å². The minimum absolute atomic E-state index is 0.0127. The van der Waals surface area contributed by atoms with Gasteiger partial charge >= 0.3 is 0 Å². The topological polar surface area (TPSA) is 236 Å². The van der Waals surface area contributed by atoms with Gasteiger partial charge in [0, 0.05) is 85.7 Å². The van der Waals surface area contributed by atoms with Crippen LogP contribution in [0, 0.1) is 20.8 Å². The SMILES string of the molecule is Cc1ccc(C(=O)c2sc3cc(O)ccc3c2-c2ccc(-c3nc(N)co3)cc2)cc1.Cc1ccc(C(=O)c2sc3cc(O)ccc3c2-c2ccc(-c3nc(N)cs3)cc2)cc1.Cc1ccc(C(=O)c2sc3cc(O)ccc3c2-c2ccc(-c3nc(O)cs3)cc2)cc1. The standard InChI is InChI=1S/C25H18N2O3S.C25H18N2O2S2.C25H17NO3S2/c2*1-14-2-4-16(5-3-14)23(29)24-22(19-11-10-18(28)12-20(19)31-24)15-6-8-17(9-7-15)25-27-21(26)13-30-25;1-14-2-4-16(5-3-14)23(29)24-22(19-11-10-18(27)12-20(19)31-24)15-6-8-17(9-7-15)25-26-21(28)13-30-25/h2*2-13,28H,26H2,1H3;2-13,27-28H,1H3. The number of thiazole rings is 2. The Balaban J connectivity index is 0.000000127. The van der Waals surface area contributed by atoms with Crippen molar-refractivity contribution in [3.05, 3.63) is 265 Å². The molecule has 6 aromatic heterocycles. The van der Waals surface area contributed by atoms with Crippen molar-refractivity contribution in [2.45, 2.75) is 20.8 Å². The van der Waals surface area contributed by atoms with Crippen LogP contribution in [0.1, 0.15) is 62.4 Å². The number of anilines is 2. The summed E-state index contributed by atoms with van der Waals surface area (Å²) in [6.45, 7) is 5.98. The van der Waals surface area contributed by atoms with Crippen molar-refractivity contribution in [3.8, 4) is 89.1 Å². The highest BCUT2D eigenvalue weighted by Crippen LogP contribution is 2.46. The second kappa shape index (κ2) is 25.8. The average Bonchev–Trinajstić information content (AvgIpc) is 1.65. The van der Waals surface area contributed by atoms with E-state index < -0.39 is 0 Å². The highest BCUT2D eigenvalue weighted by atomic mass is 32.1. The van der Waals surface area contributed by atoms with E-state index in [1.54, 1.807) is 41.8 Å². The Bertz CT molecular complexity index is 4770. The fourth-order valence-electron chi connectivity index (χ4n) is 10.7. The summed E-state index contributed by atoms with van der Waals surface area (Å²) in [4.78, 5) is 54.8. The van der Waals surface area contributed by atoms with Gasteiger partial charge in [-0.25, -0.2) is 9.97 Å². The molecule has 15 rings (SSSR count). The van der Waals surface area contributed by atoms with Gasteiger partial charge in [-0.3, -0.25) is 14.4 Å². The van der Waals surface area contributed by atoms with Crippen LogP contribution in [-0.4, -0.2) is 52.7 Å². The molecule has 0 spiro atoms. The zero-order valence-corrected chi connectivity index (χ0v) is 53.8. The number of ketones is 3. The minimum atomic E-state index is -0.0414. The van der Waals surface area contributed by atoms with Gasteiger partial charge < -0.3 is 36.3 Å². The molecule has 18 heteroatoms. The number of aromatic hydroxyl groups is 4. The van der Waals surface area contributed by atoms with E-state index in [1.165, 1.54) is 62.9 Å². The Kier molecular flexibility index (Phi) is 16.9. The molecule has 0 aliphatic carbocycles. The third kappa shape index (κ3) is 12.8. The van der Waals surface area contributed by atoms with Crippen LogP contribution >= 0.6 is 56.7 Å². The number of phenolic OH excluding ortho intramolecular Hbond substituents is 3. The Morgan fingerprint density at radius 2 is 0.710 bits per heavy atom. The minimum Gasteiger partial charge on any atom is -0.508 e. The van der Waals surface area contributed by atoms with E-state index in [-0.39, 0.29) is 40.5 Å². The lowest BCUT2D eigenvalue weighted by atomic mass is 9.97. The number of thiophene rings is 3. The average molecular weight is 1310 g/mol. The van der Waals surface area contributed by atoms with Crippen LogP contribution in [0.5, 0.6) is 23.1 Å². The van der Waals surface area contributed by atoms with Crippen LogP contribution in [0.4, 0.5) is 11.6 Å². The maximum absolute atomic E-state index is 13.4. The van der Waals surface area contributed by atoms with Crippen molar-refractivity contribution in [1.29, 1.82) is 0 Å². The van der Waals surface area contributed by atoms with Crippen molar-refractivity contribution in [2.75, 3.05) is 11.5 Å². The van der Waals surface area contributed by atoms with Crippen LogP contribution in [0.3, 0.4) is 0 Å². The van der Waals surface area contributed by atoms with E-state index in [4.69, 9.17) is 15.9 Å². The highest BCUT2D eigenvalue weighted by molar-refractivity contribution is 7.22.